The molecule has 2 heterocycles. The van der Waals surface area contributed by atoms with Gasteiger partial charge in [-0.1, -0.05) is 140 Å². The average Bonchev–Trinajstić information content (AvgIpc) is 3.72. The van der Waals surface area contributed by atoms with Crippen LogP contribution in [0.2, 0.25) is 0 Å². The Hall–Kier alpha value is -5.80. The second-order valence-electron chi connectivity index (χ2n) is 13.2. The Balaban J connectivity index is 1.03. The minimum absolute atomic E-state index is 1.24. The highest BCUT2D eigenvalue weighted by Gasteiger charge is 2.17. The van der Waals surface area contributed by atoms with E-state index in [1.165, 1.54) is 106 Å². The molecule has 0 spiro atoms. The summed E-state index contributed by atoms with van der Waals surface area (Å²) in [7, 11) is 0. The van der Waals surface area contributed by atoms with Gasteiger partial charge in [0.2, 0.25) is 0 Å². The Labute approximate surface area is 297 Å². The molecule has 50 heavy (non-hydrogen) atoms. The van der Waals surface area contributed by atoms with Crippen molar-refractivity contribution in [3.8, 4) is 33.4 Å². The molecule has 2 aromatic heterocycles. The molecule has 11 aromatic rings. The van der Waals surface area contributed by atoms with Crippen molar-refractivity contribution >= 4 is 95.3 Å². The molecule has 0 fully saturated rings. The highest BCUT2D eigenvalue weighted by Crippen LogP contribution is 2.45. The van der Waals surface area contributed by atoms with Gasteiger partial charge in [-0.3, -0.25) is 0 Å². The number of hydrogen-bond donors (Lipinski definition) is 0. The molecular weight excluding hydrogens is 641 g/mol. The van der Waals surface area contributed by atoms with E-state index in [2.05, 4.69) is 170 Å². The highest BCUT2D eigenvalue weighted by atomic mass is 32.1. The Kier molecular flexibility index (Phi) is 6.09. The van der Waals surface area contributed by atoms with Crippen molar-refractivity contribution in [2.45, 2.75) is 0 Å². The third-order valence-corrected chi connectivity index (χ3v) is 12.7. The van der Waals surface area contributed by atoms with Crippen molar-refractivity contribution in [3.63, 3.8) is 0 Å². The van der Waals surface area contributed by atoms with E-state index in [1.807, 2.05) is 22.7 Å². The minimum Gasteiger partial charge on any atom is -0.135 e. The quantitative estimate of drug-likeness (QED) is 0.164. The molecule has 0 radical (unpaired) electrons. The summed E-state index contributed by atoms with van der Waals surface area (Å²) in [5, 5.41) is 13.1. The van der Waals surface area contributed by atoms with Crippen molar-refractivity contribution in [2.24, 2.45) is 0 Å². The summed E-state index contributed by atoms with van der Waals surface area (Å²) in [5.41, 5.74) is 7.57. The van der Waals surface area contributed by atoms with Crippen molar-refractivity contribution in [3.05, 3.63) is 170 Å². The SMILES string of the molecule is c1ccc2cc(-c3c4ccccc4c(-c4ccc(-c5ccc6c(c5)sc5cc7c(cc56)sc5ccccc57)cc4)c4ccccc34)ccc2c1. The molecule has 0 amide bonds. The van der Waals surface area contributed by atoms with Gasteiger partial charge in [0.05, 0.1) is 0 Å². The van der Waals surface area contributed by atoms with Gasteiger partial charge < -0.3 is 0 Å². The fraction of sp³-hybridized carbons (Fsp3) is 0. The van der Waals surface area contributed by atoms with Gasteiger partial charge in [-0.25, -0.2) is 0 Å². The van der Waals surface area contributed by atoms with Gasteiger partial charge in [-0.05, 0) is 96.0 Å². The Morgan fingerprint density at radius 3 is 1.38 bits per heavy atom. The van der Waals surface area contributed by atoms with E-state index in [0.717, 1.165) is 0 Å². The van der Waals surface area contributed by atoms with E-state index in [4.69, 9.17) is 0 Å². The third-order valence-electron chi connectivity index (χ3n) is 10.4. The lowest BCUT2D eigenvalue weighted by atomic mass is 9.85. The number of hydrogen-bond acceptors (Lipinski definition) is 2. The lowest BCUT2D eigenvalue weighted by Gasteiger charge is -2.18. The summed E-state index contributed by atoms with van der Waals surface area (Å²) in [6, 6.07) is 63.1. The lowest BCUT2D eigenvalue weighted by Crippen LogP contribution is -1.91. The molecular formula is C48H28S2. The van der Waals surface area contributed by atoms with Crippen LogP contribution in [0.25, 0.3) is 106 Å². The van der Waals surface area contributed by atoms with Gasteiger partial charge in [0.1, 0.15) is 0 Å². The maximum atomic E-state index is 2.41. The molecule has 0 atom stereocenters. The second kappa shape index (κ2) is 10.9. The zero-order chi connectivity index (χ0) is 32.8. The van der Waals surface area contributed by atoms with Gasteiger partial charge in [0, 0.05) is 40.3 Å². The summed E-state index contributed by atoms with van der Waals surface area (Å²) in [6.45, 7) is 0. The van der Waals surface area contributed by atoms with Gasteiger partial charge in [-0.15, -0.1) is 22.7 Å². The monoisotopic (exact) mass is 668 g/mol. The molecule has 0 saturated carbocycles. The topological polar surface area (TPSA) is 0 Å². The smallest absolute Gasteiger partial charge is 0.0362 e. The summed E-state index contributed by atoms with van der Waals surface area (Å²) >= 11 is 3.80. The van der Waals surface area contributed by atoms with Crippen LogP contribution >= 0.6 is 22.7 Å². The molecule has 2 heteroatoms. The standard InChI is InChI=1S/C48H28S2/c1-2-10-32-25-34(22-19-29(32)9-1)48-39-14-5-3-12-37(39)47(38-13-4-6-15-40(38)48)31-20-17-30(18-21-31)33-23-24-36-42-28-45-41(27-46(42)50-44(36)26-33)35-11-7-8-16-43(35)49-45/h1-28H. The van der Waals surface area contributed by atoms with Crippen molar-refractivity contribution < 1.29 is 0 Å². The predicted molar refractivity (Wildman–Crippen MR) is 221 cm³/mol. The van der Waals surface area contributed by atoms with Crippen molar-refractivity contribution in [1.82, 2.24) is 0 Å². The molecule has 0 aliphatic carbocycles. The molecule has 0 bridgehead atoms. The Bertz CT molecular complexity index is 3080. The van der Waals surface area contributed by atoms with Crippen LogP contribution in [-0.2, 0) is 0 Å². The first-order chi connectivity index (χ1) is 24.8. The van der Waals surface area contributed by atoms with Crippen molar-refractivity contribution in [2.75, 3.05) is 0 Å². The molecule has 11 rings (SSSR count). The van der Waals surface area contributed by atoms with Crippen LogP contribution in [0.4, 0.5) is 0 Å². The van der Waals surface area contributed by atoms with Crippen LogP contribution in [0.5, 0.6) is 0 Å². The Morgan fingerprint density at radius 2 is 0.700 bits per heavy atom. The number of fused-ring (bicyclic) bond motifs is 9. The van der Waals surface area contributed by atoms with Gasteiger partial charge in [-0.2, -0.15) is 0 Å². The average molecular weight is 669 g/mol. The lowest BCUT2D eigenvalue weighted by molar-refractivity contribution is 1.63. The number of thiophene rings is 2. The van der Waals surface area contributed by atoms with E-state index in [0.29, 0.717) is 0 Å². The van der Waals surface area contributed by atoms with Crippen LogP contribution in [0.1, 0.15) is 0 Å². The maximum Gasteiger partial charge on any atom is 0.0362 e. The number of rotatable bonds is 3. The van der Waals surface area contributed by atoms with Crippen LogP contribution < -0.4 is 0 Å². The van der Waals surface area contributed by atoms with Crippen LogP contribution in [0.15, 0.2) is 170 Å². The Morgan fingerprint density at radius 1 is 0.240 bits per heavy atom. The highest BCUT2D eigenvalue weighted by molar-refractivity contribution is 7.27. The van der Waals surface area contributed by atoms with E-state index in [1.54, 1.807) is 0 Å². The fourth-order valence-electron chi connectivity index (χ4n) is 8.10. The van der Waals surface area contributed by atoms with Gasteiger partial charge >= 0.3 is 0 Å². The predicted octanol–water partition coefficient (Wildman–Crippen LogP) is 14.9. The zero-order valence-electron chi connectivity index (χ0n) is 27.0. The maximum absolute atomic E-state index is 2.41. The van der Waals surface area contributed by atoms with Crippen LogP contribution in [0.3, 0.4) is 0 Å². The normalized spacial score (nSPS) is 12.0. The van der Waals surface area contributed by atoms with Gasteiger partial charge in [0.15, 0.2) is 0 Å². The summed E-state index contributed by atoms with van der Waals surface area (Å²) in [6.07, 6.45) is 0. The fourth-order valence-corrected chi connectivity index (χ4v) is 10.4. The molecule has 0 unspecified atom stereocenters. The zero-order valence-corrected chi connectivity index (χ0v) is 28.6. The summed E-state index contributed by atoms with van der Waals surface area (Å²) in [5.74, 6) is 0. The van der Waals surface area contributed by atoms with E-state index in [9.17, 15) is 0 Å². The molecule has 0 saturated heterocycles. The molecule has 0 aliphatic heterocycles. The molecule has 0 nitrogen and oxygen atoms in total. The van der Waals surface area contributed by atoms with E-state index in [-0.39, 0.29) is 0 Å². The van der Waals surface area contributed by atoms with Crippen LogP contribution in [0, 0.1) is 0 Å². The first kappa shape index (κ1) is 28.1. The third kappa shape index (κ3) is 4.23. The molecule has 0 aliphatic rings. The first-order valence-corrected chi connectivity index (χ1v) is 18.7. The largest absolute Gasteiger partial charge is 0.135 e. The number of benzene rings is 9. The summed E-state index contributed by atoms with van der Waals surface area (Å²) in [4.78, 5) is 0. The molecule has 9 aromatic carbocycles. The summed E-state index contributed by atoms with van der Waals surface area (Å²) < 4.78 is 5.42. The minimum atomic E-state index is 1.24. The van der Waals surface area contributed by atoms with Crippen LogP contribution in [-0.4, -0.2) is 0 Å². The molecule has 0 N–H and O–H groups in total. The van der Waals surface area contributed by atoms with E-state index >= 15 is 0 Å². The first-order valence-electron chi connectivity index (χ1n) is 17.1. The van der Waals surface area contributed by atoms with Gasteiger partial charge in [0.25, 0.3) is 0 Å². The van der Waals surface area contributed by atoms with Crippen molar-refractivity contribution in [1.29, 1.82) is 0 Å². The molecule has 232 valence electrons. The second-order valence-corrected chi connectivity index (χ2v) is 15.4. The van der Waals surface area contributed by atoms with E-state index < -0.39 is 0 Å².